The Morgan fingerprint density at radius 2 is 1.17 bits per heavy atom. The SMILES string of the molecule is Cc1cc2c(cc1C(C)(C)C)-c1cc(C(C)(C)C)c(C)cc1C2C1(C)CCC2=C1C=C(C13CC4CC(CC(C4)C1)C3)C2. The van der Waals surface area contributed by atoms with Crippen molar-refractivity contribution >= 4 is 0 Å². The minimum atomic E-state index is 0.142. The van der Waals surface area contributed by atoms with E-state index in [1.807, 2.05) is 11.1 Å². The molecule has 0 heterocycles. The van der Waals surface area contributed by atoms with Gasteiger partial charge in [-0.05, 0) is 156 Å². The predicted molar refractivity (Wildman–Crippen MR) is 178 cm³/mol. The van der Waals surface area contributed by atoms with Gasteiger partial charge in [-0.3, -0.25) is 0 Å². The van der Waals surface area contributed by atoms with Gasteiger partial charge in [-0.25, -0.2) is 0 Å². The monoisotopic (exact) mass is 558 g/mol. The average Bonchev–Trinajstić information content (AvgIpc) is 3.53. The fourth-order valence-electron chi connectivity index (χ4n) is 12.0. The standard InChI is InChI=1S/C42H54/c1-24-12-33-31(19-35(24)39(3,4)5)32-20-36(40(6,7)8)25(2)13-34(32)38(33)41(9)11-10-29-17-30(18-37(29)41)42-21-26-14-27(22-42)16-28(15-26)23-42/h12-13,18-20,26-28,38H,10-11,14-17,21-23H2,1-9H3. The summed E-state index contributed by atoms with van der Waals surface area (Å²) in [6.07, 6.45) is 15.9. The molecule has 42 heavy (non-hydrogen) atoms. The van der Waals surface area contributed by atoms with Crippen LogP contribution in [0.25, 0.3) is 11.1 Å². The zero-order valence-electron chi connectivity index (χ0n) is 28.1. The van der Waals surface area contributed by atoms with Crippen LogP contribution < -0.4 is 0 Å². The van der Waals surface area contributed by atoms with Crippen molar-refractivity contribution in [2.24, 2.45) is 28.6 Å². The summed E-state index contributed by atoms with van der Waals surface area (Å²) in [5.74, 6) is 3.51. The summed E-state index contributed by atoms with van der Waals surface area (Å²) in [5, 5.41) is 0. The Labute approximate surface area is 256 Å². The topological polar surface area (TPSA) is 0 Å². The van der Waals surface area contributed by atoms with Crippen LogP contribution in [0.4, 0.5) is 0 Å². The summed E-state index contributed by atoms with van der Waals surface area (Å²) in [4.78, 5) is 0. The molecule has 0 radical (unpaired) electrons. The predicted octanol–water partition coefficient (Wildman–Crippen LogP) is 11.7. The Kier molecular flexibility index (Phi) is 5.59. The quantitative estimate of drug-likeness (QED) is 0.344. The van der Waals surface area contributed by atoms with E-state index in [0.29, 0.717) is 11.3 Å². The van der Waals surface area contributed by atoms with Gasteiger partial charge in [0.05, 0.1) is 0 Å². The molecular formula is C42H54. The zero-order chi connectivity index (χ0) is 29.6. The highest BCUT2D eigenvalue weighted by atomic mass is 14.6. The van der Waals surface area contributed by atoms with Gasteiger partial charge in [-0.1, -0.05) is 90.0 Å². The highest BCUT2D eigenvalue weighted by Gasteiger charge is 2.55. The Hall–Kier alpha value is -2.08. The van der Waals surface area contributed by atoms with E-state index in [2.05, 4.69) is 92.7 Å². The van der Waals surface area contributed by atoms with Crippen molar-refractivity contribution in [3.63, 3.8) is 0 Å². The zero-order valence-corrected chi connectivity index (χ0v) is 28.1. The van der Waals surface area contributed by atoms with Crippen molar-refractivity contribution < 1.29 is 0 Å². The largest absolute Gasteiger partial charge is 0.0623 e. The first-order valence-electron chi connectivity index (χ1n) is 17.4. The van der Waals surface area contributed by atoms with E-state index in [1.165, 1.54) is 91.2 Å². The fraction of sp³-hybridized carbons (Fsp3) is 0.619. The molecule has 7 aliphatic carbocycles. The van der Waals surface area contributed by atoms with Crippen molar-refractivity contribution in [2.75, 3.05) is 0 Å². The molecule has 0 aliphatic heterocycles. The molecule has 1 unspecified atom stereocenters. The van der Waals surface area contributed by atoms with Gasteiger partial charge in [0.15, 0.2) is 0 Å². The molecule has 222 valence electrons. The molecule has 4 saturated carbocycles. The Morgan fingerprint density at radius 1 is 0.690 bits per heavy atom. The lowest BCUT2D eigenvalue weighted by Crippen LogP contribution is -2.46. The Morgan fingerprint density at radius 3 is 1.62 bits per heavy atom. The van der Waals surface area contributed by atoms with Crippen LogP contribution in [0, 0.1) is 42.4 Å². The normalized spacial score (nSPS) is 33.4. The van der Waals surface area contributed by atoms with Gasteiger partial charge in [0.2, 0.25) is 0 Å². The first-order valence-corrected chi connectivity index (χ1v) is 17.4. The summed E-state index contributed by atoms with van der Waals surface area (Å²) < 4.78 is 0. The van der Waals surface area contributed by atoms with Crippen molar-refractivity contribution in [3.8, 4) is 11.1 Å². The summed E-state index contributed by atoms with van der Waals surface area (Å²) in [6, 6.07) is 10.4. The fourth-order valence-corrected chi connectivity index (χ4v) is 12.0. The third-order valence-corrected chi connectivity index (χ3v) is 13.3. The van der Waals surface area contributed by atoms with E-state index in [4.69, 9.17) is 0 Å². The van der Waals surface area contributed by atoms with Gasteiger partial charge in [0.1, 0.15) is 0 Å². The molecule has 2 aromatic rings. The van der Waals surface area contributed by atoms with Crippen LogP contribution in [0.15, 0.2) is 47.1 Å². The molecule has 4 fully saturated rings. The van der Waals surface area contributed by atoms with Crippen molar-refractivity contribution in [1.82, 2.24) is 0 Å². The highest BCUT2D eigenvalue weighted by molar-refractivity contribution is 5.82. The first-order chi connectivity index (χ1) is 19.7. The summed E-state index contributed by atoms with van der Waals surface area (Å²) >= 11 is 0. The first kappa shape index (κ1) is 27.5. The number of benzene rings is 2. The molecule has 0 saturated heterocycles. The molecule has 9 rings (SSSR count). The second kappa shape index (κ2) is 8.55. The van der Waals surface area contributed by atoms with Gasteiger partial charge in [0.25, 0.3) is 0 Å². The van der Waals surface area contributed by atoms with Crippen LogP contribution in [0.1, 0.15) is 146 Å². The van der Waals surface area contributed by atoms with Crippen LogP contribution in [0.3, 0.4) is 0 Å². The van der Waals surface area contributed by atoms with Crippen LogP contribution in [0.2, 0.25) is 0 Å². The maximum Gasteiger partial charge on any atom is 0.0196 e. The van der Waals surface area contributed by atoms with Gasteiger partial charge < -0.3 is 0 Å². The second-order valence-corrected chi connectivity index (χ2v) is 18.4. The lowest BCUT2D eigenvalue weighted by atomic mass is 9.47. The number of hydrogen-bond donors (Lipinski definition) is 0. The van der Waals surface area contributed by atoms with Crippen LogP contribution in [-0.4, -0.2) is 0 Å². The van der Waals surface area contributed by atoms with Gasteiger partial charge in [-0.15, -0.1) is 0 Å². The number of allylic oxidation sites excluding steroid dienone is 4. The molecule has 2 aromatic carbocycles. The number of rotatable bonds is 2. The van der Waals surface area contributed by atoms with Crippen LogP contribution in [-0.2, 0) is 10.8 Å². The number of hydrogen-bond acceptors (Lipinski definition) is 0. The molecule has 0 spiro atoms. The lowest BCUT2D eigenvalue weighted by Gasteiger charge is -2.57. The summed E-state index contributed by atoms with van der Waals surface area (Å²) in [7, 11) is 0. The molecule has 0 amide bonds. The molecule has 0 N–H and O–H groups in total. The molecule has 0 heteroatoms. The van der Waals surface area contributed by atoms with E-state index in [0.717, 1.165) is 17.8 Å². The molecule has 0 nitrogen and oxygen atoms in total. The smallest absolute Gasteiger partial charge is 0.0196 e. The maximum absolute atomic E-state index is 2.83. The molecular weight excluding hydrogens is 504 g/mol. The van der Waals surface area contributed by atoms with Gasteiger partial charge in [-0.2, -0.15) is 0 Å². The van der Waals surface area contributed by atoms with E-state index < -0.39 is 0 Å². The summed E-state index contributed by atoms with van der Waals surface area (Å²) in [5.41, 5.74) is 18.6. The van der Waals surface area contributed by atoms with Crippen molar-refractivity contribution in [1.29, 1.82) is 0 Å². The molecule has 0 aromatic heterocycles. The van der Waals surface area contributed by atoms with E-state index >= 15 is 0 Å². The molecule has 1 atom stereocenters. The lowest BCUT2D eigenvalue weighted by molar-refractivity contribution is -0.0314. The average molecular weight is 559 g/mol. The molecule has 7 aliphatic rings. The van der Waals surface area contributed by atoms with E-state index in [-0.39, 0.29) is 16.2 Å². The second-order valence-electron chi connectivity index (χ2n) is 18.4. The number of fused-ring (bicyclic) bond motifs is 3. The minimum Gasteiger partial charge on any atom is -0.0623 e. The van der Waals surface area contributed by atoms with Crippen molar-refractivity contribution in [3.05, 3.63) is 80.4 Å². The number of aryl methyl sites for hydroxylation is 2. The van der Waals surface area contributed by atoms with E-state index in [1.54, 1.807) is 16.7 Å². The van der Waals surface area contributed by atoms with Crippen LogP contribution in [0.5, 0.6) is 0 Å². The Balaban J connectivity index is 1.27. The van der Waals surface area contributed by atoms with Crippen LogP contribution >= 0.6 is 0 Å². The molecule has 4 bridgehead atoms. The highest BCUT2D eigenvalue weighted by Crippen LogP contribution is 2.68. The van der Waals surface area contributed by atoms with Gasteiger partial charge >= 0.3 is 0 Å². The van der Waals surface area contributed by atoms with Crippen molar-refractivity contribution in [2.45, 2.75) is 137 Å². The maximum atomic E-state index is 2.83. The Bertz CT molecular complexity index is 1470. The minimum absolute atomic E-state index is 0.142. The van der Waals surface area contributed by atoms with Gasteiger partial charge in [0, 0.05) is 11.3 Å². The summed E-state index contributed by atoms with van der Waals surface area (Å²) in [6.45, 7) is 21.7. The third kappa shape index (κ3) is 3.78. The van der Waals surface area contributed by atoms with E-state index in [9.17, 15) is 0 Å². The third-order valence-electron chi connectivity index (χ3n) is 13.3.